The molecule has 8 aromatic rings. The Bertz CT molecular complexity index is 2750. The fraction of sp³-hybridized carbons (Fsp3) is 0.115. The third-order valence-electron chi connectivity index (χ3n) is 12.8. The summed E-state index contributed by atoms with van der Waals surface area (Å²) in [5, 5.41) is 0. The van der Waals surface area contributed by atoms with Gasteiger partial charge in [-0.2, -0.15) is 0 Å². The normalized spacial score (nSPS) is 13.2. The van der Waals surface area contributed by atoms with Crippen LogP contribution in [0.1, 0.15) is 33.4 Å². The molecule has 0 unspecified atom stereocenters. The summed E-state index contributed by atoms with van der Waals surface area (Å²) in [4.78, 5) is 14.8. The lowest BCUT2D eigenvalue weighted by atomic mass is 9.33. The Kier molecular flexibility index (Phi) is 7.72. The zero-order valence-electron chi connectivity index (χ0n) is 33.8. The molecule has 6 heteroatoms. The van der Waals surface area contributed by atoms with Gasteiger partial charge < -0.3 is 9.80 Å². The van der Waals surface area contributed by atoms with Gasteiger partial charge in [-0.25, -0.2) is 0 Å². The summed E-state index contributed by atoms with van der Waals surface area (Å²) in [6.45, 7) is 13.6. The summed E-state index contributed by atoms with van der Waals surface area (Å²) in [5.41, 5.74) is 27.4. The zero-order valence-corrected chi connectivity index (χ0v) is 33.8. The highest BCUT2D eigenvalue weighted by Crippen LogP contribution is 2.55. The fourth-order valence-corrected chi connectivity index (χ4v) is 10.8. The summed E-state index contributed by atoms with van der Waals surface area (Å²) in [6, 6.07) is 49.8. The molecule has 6 aromatic carbocycles. The topological polar surface area (TPSA) is 32.3 Å². The van der Waals surface area contributed by atoms with Gasteiger partial charge in [0.1, 0.15) is 0 Å². The molecule has 276 valence electrons. The molecule has 0 saturated heterocycles. The fourth-order valence-electron chi connectivity index (χ4n) is 10.8. The molecule has 4 nitrogen and oxygen atoms in total. The smallest absolute Gasteiger partial charge is 0.247 e. The molecular weight excluding hydrogens is 702 g/mol. The van der Waals surface area contributed by atoms with Crippen LogP contribution in [-0.2, 0) is 0 Å². The molecule has 3 aliphatic heterocycles. The first kappa shape index (κ1) is 34.6. The van der Waals surface area contributed by atoms with Crippen molar-refractivity contribution in [2.75, 3.05) is 9.80 Å². The van der Waals surface area contributed by atoms with Gasteiger partial charge in [-0.05, 0) is 123 Å². The summed E-state index contributed by atoms with van der Waals surface area (Å²) >= 11 is 0. The van der Waals surface area contributed by atoms with E-state index in [2.05, 4.69) is 173 Å². The van der Waals surface area contributed by atoms with Gasteiger partial charge in [-0.15, -0.1) is 0 Å². The zero-order chi connectivity index (χ0) is 39.4. The molecule has 0 fully saturated rings. The minimum Gasteiger partial charge on any atom is -0.307 e. The van der Waals surface area contributed by atoms with Gasteiger partial charge in [0.05, 0.1) is 34.1 Å². The van der Waals surface area contributed by atoms with Crippen LogP contribution >= 0.6 is 0 Å². The quantitative estimate of drug-likeness (QED) is 0.169. The minimum atomic E-state index is 0.0246. The van der Waals surface area contributed by atoms with Crippen molar-refractivity contribution in [3.05, 3.63) is 179 Å². The van der Waals surface area contributed by atoms with Crippen molar-refractivity contribution in [2.45, 2.75) is 41.5 Å². The van der Waals surface area contributed by atoms with Crippen molar-refractivity contribution < 1.29 is 0 Å². The maximum Gasteiger partial charge on any atom is 0.247 e. The highest BCUT2D eigenvalue weighted by Gasteiger charge is 2.47. The van der Waals surface area contributed by atoms with E-state index >= 15 is 0 Å². The van der Waals surface area contributed by atoms with Crippen molar-refractivity contribution >= 4 is 80.3 Å². The Morgan fingerprint density at radius 2 is 0.793 bits per heavy atom. The minimum absolute atomic E-state index is 0.0246. The van der Waals surface area contributed by atoms with E-state index in [-0.39, 0.29) is 13.4 Å². The number of fused-ring (bicyclic) bond motifs is 6. The SMILES string of the molecule is Cc1cc(C)c(B2c3cc(-c4ccccn4)ccc3N3c4cccc5c4N(c4ccc(-c6ccccn6)cc4B5c4c(C)cc(C)cc4C)c4cccc2c43)c(C)c1. The van der Waals surface area contributed by atoms with Gasteiger partial charge in [-0.1, -0.05) is 129 Å². The van der Waals surface area contributed by atoms with Crippen LogP contribution in [-0.4, -0.2) is 23.4 Å². The molecule has 3 aliphatic rings. The Labute approximate surface area is 342 Å². The number of anilines is 6. The standard InChI is InChI=1S/C52H42B2N4/c1-31-25-33(3)49(34(4)26-31)53-39-13-11-17-47-51(39)57(45-21-19-37(29-41(45)53)43-15-7-9-23-55-43)48-18-12-14-40-52(48)58(47)46-22-20-38(44-16-8-10-24-56-44)30-42(46)54(40)50-35(5)27-32(2)28-36(50)6/h7-30H,1-6H3. The molecule has 0 spiro atoms. The Morgan fingerprint density at radius 3 is 1.17 bits per heavy atom. The van der Waals surface area contributed by atoms with Crippen molar-refractivity contribution in [1.29, 1.82) is 0 Å². The number of pyridine rings is 2. The second kappa shape index (κ2) is 12.9. The number of benzene rings is 6. The van der Waals surface area contributed by atoms with Crippen LogP contribution < -0.4 is 42.6 Å². The molecule has 0 aliphatic carbocycles. The Balaban J connectivity index is 1.23. The van der Waals surface area contributed by atoms with Gasteiger partial charge >= 0.3 is 0 Å². The number of aromatic nitrogens is 2. The second-order valence-corrected chi connectivity index (χ2v) is 16.6. The third kappa shape index (κ3) is 5.04. The van der Waals surface area contributed by atoms with Crippen molar-refractivity contribution in [3.63, 3.8) is 0 Å². The predicted octanol–water partition coefficient (Wildman–Crippen LogP) is 8.57. The summed E-state index contributed by atoms with van der Waals surface area (Å²) in [6.07, 6.45) is 3.78. The van der Waals surface area contributed by atoms with Crippen LogP contribution in [0.2, 0.25) is 0 Å². The van der Waals surface area contributed by atoms with E-state index in [1.165, 1.54) is 100 Å². The second-order valence-electron chi connectivity index (χ2n) is 16.6. The average molecular weight is 745 g/mol. The van der Waals surface area contributed by atoms with E-state index in [1.807, 2.05) is 24.5 Å². The number of hydrogen-bond donors (Lipinski definition) is 0. The monoisotopic (exact) mass is 744 g/mol. The van der Waals surface area contributed by atoms with E-state index in [9.17, 15) is 0 Å². The molecule has 0 radical (unpaired) electrons. The van der Waals surface area contributed by atoms with Crippen LogP contribution in [0, 0.1) is 41.5 Å². The molecular formula is C52H42B2N4. The van der Waals surface area contributed by atoms with Crippen molar-refractivity contribution in [3.8, 4) is 22.5 Å². The number of rotatable bonds is 4. The number of nitrogens with zero attached hydrogens (tertiary/aromatic N) is 4. The van der Waals surface area contributed by atoms with Crippen LogP contribution in [0.3, 0.4) is 0 Å². The maximum absolute atomic E-state index is 4.81. The largest absolute Gasteiger partial charge is 0.307 e. The molecule has 5 heterocycles. The van der Waals surface area contributed by atoms with Crippen LogP contribution in [0.5, 0.6) is 0 Å². The average Bonchev–Trinajstić information content (AvgIpc) is 3.23. The predicted molar refractivity (Wildman–Crippen MR) is 246 cm³/mol. The molecule has 0 atom stereocenters. The van der Waals surface area contributed by atoms with E-state index in [4.69, 9.17) is 9.97 Å². The van der Waals surface area contributed by atoms with E-state index in [1.54, 1.807) is 0 Å². The number of para-hydroxylation sites is 2. The molecule has 2 aromatic heterocycles. The van der Waals surface area contributed by atoms with Gasteiger partial charge in [0.2, 0.25) is 13.4 Å². The highest BCUT2D eigenvalue weighted by molar-refractivity contribution is 7.00. The molecule has 0 N–H and O–H groups in total. The van der Waals surface area contributed by atoms with E-state index in [0.717, 1.165) is 22.5 Å². The first-order valence-electron chi connectivity index (χ1n) is 20.4. The Morgan fingerprint density at radius 1 is 0.379 bits per heavy atom. The maximum atomic E-state index is 4.81. The lowest BCUT2D eigenvalue weighted by Gasteiger charge is -2.49. The Hall–Kier alpha value is -6.65. The summed E-state index contributed by atoms with van der Waals surface area (Å²) in [7, 11) is 0. The van der Waals surface area contributed by atoms with Gasteiger partial charge in [0, 0.05) is 23.8 Å². The first-order valence-corrected chi connectivity index (χ1v) is 20.4. The lowest BCUT2D eigenvalue weighted by molar-refractivity contribution is 1.18. The van der Waals surface area contributed by atoms with Crippen LogP contribution in [0.15, 0.2) is 146 Å². The van der Waals surface area contributed by atoms with Gasteiger partial charge in [0.25, 0.3) is 0 Å². The number of aryl methyl sites for hydroxylation is 6. The van der Waals surface area contributed by atoms with Gasteiger partial charge in [0.15, 0.2) is 0 Å². The van der Waals surface area contributed by atoms with Crippen molar-refractivity contribution in [1.82, 2.24) is 9.97 Å². The summed E-state index contributed by atoms with van der Waals surface area (Å²) < 4.78 is 0. The van der Waals surface area contributed by atoms with Crippen molar-refractivity contribution in [2.24, 2.45) is 0 Å². The van der Waals surface area contributed by atoms with Gasteiger partial charge in [-0.3, -0.25) is 9.97 Å². The molecule has 58 heavy (non-hydrogen) atoms. The summed E-state index contributed by atoms with van der Waals surface area (Å²) in [5.74, 6) is 0. The first-order chi connectivity index (χ1) is 28.3. The van der Waals surface area contributed by atoms with Crippen LogP contribution in [0.4, 0.5) is 34.1 Å². The lowest BCUT2D eigenvalue weighted by Crippen LogP contribution is -2.62. The molecule has 0 saturated carbocycles. The van der Waals surface area contributed by atoms with E-state index < -0.39 is 0 Å². The van der Waals surface area contributed by atoms with Crippen LogP contribution in [0.25, 0.3) is 22.5 Å². The highest BCUT2D eigenvalue weighted by atomic mass is 15.3. The number of hydrogen-bond acceptors (Lipinski definition) is 4. The molecule has 11 rings (SSSR count). The molecule has 0 bridgehead atoms. The van der Waals surface area contributed by atoms with E-state index in [0.29, 0.717) is 0 Å². The molecule has 0 amide bonds. The third-order valence-corrected chi connectivity index (χ3v) is 12.8.